The molecule has 1 aliphatic rings. The zero-order valence-electron chi connectivity index (χ0n) is 17.1. The number of aliphatic hydroxyl groups excluding tert-OH is 1. The molecular weight excluding hydrogens is 384 g/mol. The Balaban J connectivity index is 1.97. The highest BCUT2D eigenvalue weighted by atomic mass is 16.3. The minimum atomic E-state index is -0.972. The standard InChI is InChI=1S/C22H26N4O4/c1-3-7-18(28)24-14(2)21(29)25-19-16-9-5-4-8-15(16)17-10-6-11-23-20(17)26(12-13-27)22(19)30/h4-6,8-11,14,19,27H,3,7,12-13H2,1-2H3,(H,24,28)(H,25,29)/t14-,19-/m0/s1. The summed E-state index contributed by atoms with van der Waals surface area (Å²) in [6.07, 6.45) is 2.59. The summed E-state index contributed by atoms with van der Waals surface area (Å²) in [5.41, 5.74) is 2.16. The highest BCUT2D eigenvalue weighted by molar-refractivity contribution is 6.05. The number of aromatic nitrogens is 1. The normalized spacial score (nSPS) is 16.2. The van der Waals surface area contributed by atoms with Crippen LogP contribution < -0.4 is 15.5 Å². The van der Waals surface area contributed by atoms with Crippen LogP contribution in [0.1, 0.15) is 38.3 Å². The monoisotopic (exact) mass is 410 g/mol. The van der Waals surface area contributed by atoms with Gasteiger partial charge in [0.25, 0.3) is 5.91 Å². The van der Waals surface area contributed by atoms with Crippen LogP contribution in [0.4, 0.5) is 5.82 Å². The number of nitrogens with zero attached hydrogens (tertiary/aromatic N) is 2. The van der Waals surface area contributed by atoms with Crippen LogP contribution in [0.2, 0.25) is 0 Å². The van der Waals surface area contributed by atoms with E-state index in [-0.39, 0.29) is 19.1 Å². The number of pyridine rings is 1. The first-order valence-corrected chi connectivity index (χ1v) is 10.0. The fraction of sp³-hybridized carbons (Fsp3) is 0.364. The van der Waals surface area contributed by atoms with Crippen LogP contribution in [0.5, 0.6) is 0 Å². The largest absolute Gasteiger partial charge is 0.395 e. The molecule has 0 radical (unpaired) electrons. The lowest BCUT2D eigenvalue weighted by atomic mass is 9.96. The molecule has 1 aliphatic heterocycles. The van der Waals surface area contributed by atoms with Crippen molar-refractivity contribution < 1.29 is 19.5 Å². The third kappa shape index (κ3) is 4.33. The smallest absolute Gasteiger partial charge is 0.255 e. The second-order valence-electron chi connectivity index (χ2n) is 7.16. The Morgan fingerprint density at radius 3 is 2.67 bits per heavy atom. The Labute approximate surface area is 175 Å². The first-order chi connectivity index (χ1) is 14.5. The first-order valence-electron chi connectivity index (χ1n) is 10.0. The minimum absolute atomic E-state index is 0.0476. The van der Waals surface area contributed by atoms with Crippen LogP contribution in [-0.4, -0.2) is 47.0 Å². The molecule has 8 nitrogen and oxygen atoms in total. The molecule has 3 rings (SSSR count). The fourth-order valence-corrected chi connectivity index (χ4v) is 3.54. The first kappa shape index (κ1) is 21.4. The van der Waals surface area contributed by atoms with Gasteiger partial charge in [-0.3, -0.25) is 19.3 Å². The van der Waals surface area contributed by atoms with E-state index in [0.29, 0.717) is 24.2 Å². The van der Waals surface area contributed by atoms with E-state index in [2.05, 4.69) is 15.6 Å². The molecule has 0 saturated heterocycles. The number of hydrogen-bond acceptors (Lipinski definition) is 5. The van der Waals surface area contributed by atoms with Gasteiger partial charge in [-0.1, -0.05) is 31.2 Å². The molecule has 1 aromatic carbocycles. The lowest BCUT2D eigenvalue weighted by Gasteiger charge is -2.26. The molecule has 0 unspecified atom stereocenters. The molecule has 158 valence electrons. The van der Waals surface area contributed by atoms with Gasteiger partial charge in [-0.05, 0) is 36.6 Å². The third-order valence-electron chi connectivity index (χ3n) is 4.98. The Morgan fingerprint density at radius 2 is 1.93 bits per heavy atom. The van der Waals surface area contributed by atoms with E-state index >= 15 is 0 Å². The van der Waals surface area contributed by atoms with Gasteiger partial charge in [0.2, 0.25) is 11.8 Å². The molecule has 2 aromatic rings. The van der Waals surface area contributed by atoms with Crippen molar-refractivity contribution >= 4 is 23.5 Å². The van der Waals surface area contributed by atoms with Crippen molar-refractivity contribution in [1.29, 1.82) is 0 Å². The van der Waals surface area contributed by atoms with E-state index in [1.807, 2.05) is 25.1 Å². The van der Waals surface area contributed by atoms with Gasteiger partial charge in [0, 0.05) is 18.2 Å². The third-order valence-corrected chi connectivity index (χ3v) is 4.98. The van der Waals surface area contributed by atoms with Crippen molar-refractivity contribution in [2.75, 3.05) is 18.1 Å². The number of nitrogens with one attached hydrogen (secondary N) is 2. The lowest BCUT2D eigenvalue weighted by molar-refractivity contribution is -0.131. The summed E-state index contributed by atoms with van der Waals surface area (Å²) in [5.74, 6) is -0.638. The number of aliphatic hydroxyl groups is 1. The van der Waals surface area contributed by atoms with Gasteiger partial charge in [0.1, 0.15) is 17.9 Å². The molecule has 3 N–H and O–H groups in total. The van der Waals surface area contributed by atoms with E-state index in [1.54, 1.807) is 31.3 Å². The van der Waals surface area contributed by atoms with Crippen molar-refractivity contribution in [1.82, 2.24) is 15.6 Å². The average Bonchev–Trinajstić information content (AvgIpc) is 2.83. The number of carbonyl (C=O) groups excluding carboxylic acids is 3. The number of hydrogen-bond donors (Lipinski definition) is 3. The van der Waals surface area contributed by atoms with Crippen LogP contribution in [0.3, 0.4) is 0 Å². The Kier molecular flexibility index (Phi) is 6.79. The number of β-amino-alcohol motifs (C(OH)–C–C–N with tert-alkyl or cyclic N) is 1. The topological polar surface area (TPSA) is 112 Å². The summed E-state index contributed by atoms with van der Waals surface area (Å²) in [6.45, 7) is 3.26. The molecule has 0 aliphatic carbocycles. The Hall–Kier alpha value is -3.26. The molecule has 1 aromatic heterocycles. The molecule has 2 heterocycles. The summed E-state index contributed by atoms with van der Waals surface area (Å²) in [6, 6.07) is 9.19. The van der Waals surface area contributed by atoms with E-state index in [9.17, 15) is 19.5 Å². The number of anilines is 1. The van der Waals surface area contributed by atoms with Crippen molar-refractivity contribution in [2.24, 2.45) is 0 Å². The summed E-state index contributed by atoms with van der Waals surface area (Å²) < 4.78 is 0. The molecule has 2 atom stereocenters. The van der Waals surface area contributed by atoms with E-state index < -0.39 is 23.9 Å². The highest BCUT2D eigenvalue weighted by Gasteiger charge is 2.36. The average molecular weight is 410 g/mol. The van der Waals surface area contributed by atoms with Crippen LogP contribution in [0.15, 0.2) is 42.6 Å². The zero-order chi connectivity index (χ0) is 21.7. The van der Waals surface area contributed by atoms with Crippen LogP contribution in [0.25, 0.3) is 11.1 Å². The lowest BCUT2D eigenvalue weighted by Crippen LogP contribution is -2.50. The zero-order valence-corrected chi connectivity index (χ0v) is 17.1. The SMILES string of the molecule is CCCC(=O)N[C@@H](C)C(=O)N[C@@H]1C(=O)N(CCO)c2ncccc2-c2ccccc21. The molecule has 30 heavy (non-hydrogen) atoms. The number of carbonyl (C=O) groups is 3. The van der Waals surface area contributed by atoms with Crippen molar-refractivity contribution in [3.05, 3.63) is 48.2 Å². The summed E-state index contributed by atoms with van der Waals surface area (Å²) >= 11 is 0. The van der Waals surface area contributed by atoms with Gasteiger partial charge >= 0.3 is 0 Å². The maximum Gasteiger partial charge on any atom is 0.255 e. The van der Waals surface area contributed by atoms with Gasteiger partial charge in [-0.2, -0.15) is 0 Å². The molecule has 0 bridgehead atoms. The maximum atomic E-state index is 13.4. The molecule has 3 amide bonds. The molecular formula is C22H26N4O4. The fourth-order valence-electron chi connectivity index (χ4n) is 3.54. The summed E-state index contributed by atoms with van der Waals surface area (Å²) in [7, 11) is 0. The number of fused-ring (bicyclic) bond motifs is 3. The highest BCUT2D eigenvalue weighted by Crippen LogP contribution is 2.38. The minimum Gasteiger partial charge on any atom is -0.395 e. The predicted octanol–water partition coefficient (Wildman–Crippen LogP) is 1.55. The van der Waals surface area contributed by atoms with E-state index in [4.69, 9.17) is 0 Å². The summed E-state index contributed by atoms with van der Waals surface area (Å²) in [5, 5.41) is 15.0. The van der Waals surface area contributed by atoms with Gasteiger partial charge in [-0.25, -0.2) is 4.98 Å². The summed E-state index contributed by atoms with van der Waals surface area (Å²) in [4.78, 5) is 43.8. The Morgan fingerprint density at radius 1 is 1.20 bits per heavy atom. The quantitative estimate of drug-likeness (QED) is 0.641. The van der Waals surface area contributed by atoms with Gasteiger partial charge in [0.05, 0.1) is 13.2 Å². The van der Waals surface area contributed by atoms with E-state index in [1.165, 1.54) is 4.90 Å². The Bertz CT molecular complexity index is 946. The number of rotatable bonds is 7. The number of amides is 3. The molecule has 0 saturated carbocycles. The van der Waals surface area contributed by atoms with Crippen molar-refractivity contribution in [3.63, 3.8) is 0 Å². The van der Waals surface area contributed by atoms with Crippen LogP contribution in [-0.2, 0) is 14.4 Å². The second-order valence-corrected chi connectivity index (χ2v) is 7.16. The van der Waals surface area contributed by atoms with Gasteiger partial charge in [0.15, 0.2) is 0 Å². The second kappa shape index (κ2) is 9.49. The van der Waals surface area contributed by atoms with E-state index in [0.717, 1.165) is 11.1 Å². The van der Waals surface area contributed by atoms with Crippen LogP contribution in [0, 0.1) is 0 Å². The molecule has 0 fully saturated rings. The van der Waals surface area contributed by atoms with Crippen molar-refractivity contribution in [3.8, 4) is 11.1 Å². The van der Waals surface area contributed by atoms with Gasteiger partial charge in [-0.15, -0.1) is 0 Å². The van der Waals surface area contributed by atoms with Gasteiger partial charge < -0.3 is 15.7 Å². The predicted molar refractivity (Wildman–Crippen MR) is 113 cm³/mol. The molecule has 0 spiro atoms. The molecule has 8 heteroatoms. The maximum absolute atomic E-state index is 13.4. The number of benzene rings is 1. The van der Waals surface area contributed by atoms with Crippen LogP contribution >= 0.6 is 0 Å². The van der Waals surface area contributed by atoms with Crippen molar-refractivity contribution in [2.45, 2.75) is 38.8 Å².